The Kier molecular flexibility index (Phi) is 4.09. The third-order valence-electron chi connectivity index (χ3n) is 4.01. The Bertz CT molecular complexity index is 666. The van der Waals surface area contributed by atoms with E-state index in [-0.39, 0.29) is 11.9 Å². The highest BCUT2D eigenvalue weighted by molar-refractivity contribution is 5.92. The molecule has 1 fully saturated rings. The topological polar surface area (TPSA) is 63.1 Å². The standard InChI is InChI=1S/C16H21N5O/c1-12-5-3-7-15(18-12)21-10-4-6-13(11-21)19-16(22)14-8-9-17-20(14)2/h3,5,7-9,13H,4,6,10-11H2,1-2H3,(H,19,22)/t13-/m0/s1. The molecule has 0 saturated carbocycles. The summed E-state index contributed by atoms with van der Waals surface area (Å²) >= 11 is 0. The van der Waals surface area contributed by atoms with Gasteiger partial charge in [-0.2, -0.15) is 5.10 Å². The second kappa shape index (κ2) is 6.17. The molecule has 22 heavy (non-hydrogen) atoms. The van der Waals surface area contributed by atoms with Gasteiger partial charge in [-0.1, -0.05) is 6.07 Å². The number of rotatable bonds is 3. The zero-order valence-corrected chi connectivity index (χ0v) is 13.0. The van der Waals surface area contributed by atoms with Crippen molar-refractivity contribution in [2.24, 2.45) is 7.05 Å². The third kappa shape index (κ3) is 3.10. The van der Waals surface area contributed by atoms with Gasteiger partial charge in [-0.3, -0.25) is 9.48 Å². The monoisotopic (exact) mass is 299 g/mol. The van der Waals surface area contributed by atoms with Crippen LogP contribution in [0.4, 0.5) is 5.82 Å². The van der Waals surface area contributed by atoms with Crippen molar-refractivity contribution in [1.82, 2.24) is 20.1 Å². The van der Waals surface area contributed by atoms with Gasteiger partial charge in [-0.05, 0) is 38.0 Å². The van der Waals surface area contributed by atoms with Crippen LogP contribution in [0.1, 0.15) is 29.0 Å². The van der Waals surface area contributed by atoms with E-state index in [1.165, 1.54) is 0 Å². The minimum Gasteiger partial charge on any atom is -0.355 e. The second-order valence-electron chi connectivity index (χ2n) is 5.74. The fourth-order valence-electron chi connectivity index (χ4n) is 2.86. The van der Waals surface area contributed by atoms with Crippen molar-refractivity contribution in [2.75, 3.05) is 18.0 Å². The summed E-state index contributed by atoms with van der Waals surface area (Å²) in [5.41, 5.74) is 1.60. The van der Waals surface area contributed by atoms with Gasteiger partial charge in [0.05, 0.1) is 0 Å². The molecule has 0 aromatic carbocycles. The summed E-state index contributed by atoms with van der Waals surface area (Å²) in [4.78, 5) is 19.1. The molecule has 1 amide bonds. The molecule has 116 valence electrons. The van der Waals surface area contributed by atoms with Crippen LogP contribution in [0.5, 0.6) is 0 Å². The number of nitrogens with zero attached hydrogens (tertiary/aromatic N) is 4. The number of hydrogen-bond donors (Lipinski definition) is 1. The molecule has 6 heteroatoms. The first kappa shape index (κ1) is 14.6. The smallest absolute Gasteiger partial charge is 0.269 e. The van der Waals surface area contributed by atoms with Crippen molar-refractivity contribution in [3.63, 3.8) is 0 Å². The number of hydrogen-bond acceptors (Lipinski definition) is 4. The predicted molar refractivity (Wildman–Crippen MR) is 84.9 cm³/mol. The highest BCUT2D eigenvalue weighted by atomic mass is 16.2. The van der Waals surface area contributed by atoms with Crippen molar-refractivity contribution in [3.8, 4) is 0 Å². The highest BCUT2D eigenvalue weighted by Gasteiger charge is 2.23. The molecule has 3 heterocycles. The van der Waals surface area contributed by atoms with Gasteiger partial charge in [0, 0.05) is 38.1 Å². The largest absolute Gasteiger partial charge is 0.355 e. The number of pyridine rings is 1. The zero-order chi connectivity index (χ0) is 15.5. The minimum absolute atomic E-state index is 0.0657. The lowest BCUT2D eigenvalue weighted by molar-refractivity contribution is 0.0923. The molecule has 3 rings (SSSR count). The lowest BCUT2D eigenvalue weighted by Crippen LogP contribution is -2.48. The van der Waals surface area contributed by atoms with E-state index in [2.05, 4.69) is 20.3 Å². The van der Waals surface area contributed by atoms with Crippen LogP contribution in [0.15, 0.2) is 30.5 Å². The fourth-order valence-corrected chi connectivity index (χ4v) is 2.86. The molecule has 6 nitrogen and oxygen atoms in total. The van der Waals surface area contributed by atoms with Gasteiger partial charge in [0.2, 0.25) is 0 Å². The predicted octanol–water partition coefficient (Wildman–Crippen LogP) is 1.52. The number of piperidine rings is 1. The first-order valence-electron chi connectivity index (χ1n) is 7.61. The van der Waals surface area contributed by atoms with Gasteiger partial charge in [-0.15, -0.1) is 0 Å². The Morgan fingerprint density at radius 2 is 2.23 bits per heavy atom. The van der Waals surface area contributed by atoms with Crippen LogP contribution in [0.25, 0.3) is 0 Å². The quantitative estimate of drug-likeness (QED) is 0.933. The minimum atomic E-state index is -0.0657. The van der Waals surface area contributed by atoms with E-state index in [0.29, 0.717) is 5.69 Å². The fraction of sp³-hybridized carbons (Fsp3) is 0.438. The Hall–Kier alpha value is -2.37. The van der Waals surface area contributed by atoms with E-state index < -0.39 is 0 Å². The number of anilines is 1. The zero-order valence-electron chi connectivity index (χ0n) is 13.0. The second-order valence-corrected chi connectivity index (χ2v) is 5.74. The Morgan fingerprint density at radius 1 is 1.36 bits per heavy atom. The summed E-state index contributed by atoms with van der Waals surface area (Å²) in [5.74, 6) is 0.920. The Morgan fingerprint density at radius 3 is 2.95 bits per heavy atom. The molecular formula is C16H21N5O. The van der Waals surface area contributed by atoms with E-state index in [0.717, 1.165) is 37.4 Å². The summed E-state index contributed by atoms with van der Waals surface area (Å²) < 4.78 is 1.60. The van der Waals surface area contributed by atoms with Crippen LogP contribution >= 0.6 is 0 Å². The van der Waals surface area contributed by atoms with E-state index >= 15 is 0 Å². The number of carbonyl (C=O) groups excluding carboxylic acids is 1. The Balaban J connectivity index is 1.66. The molecule has 0 unspecified atom stereocenters. The van der Waals surface area contributed by atoms with Crippen LogP contribution in [0.2, 0.25) is 0 Å². The van der Waals surface area contributed by atoms with Gasteiger partial charge in [-0.25, -0.2) is 4.98 Å². The molecule has 2 aromatic heterocycles. The molecule has 1 atom stereocenters. The van der Waals surface area contributed by atoms with E-state index in [1.54, 1.807) is 24.0 Å². The van der Waals surface area contributed by atoms with Crippen LogP contribution in [-0.2, 0) is 7.05 Å². The van der Waals surface area contributed by atoms with Crippen molar-refractivity contribution in [3.05, 3.63) is 41.9 Å². The summed E-state index contributed by atoms with van der Waals surface area (Å²) in [6.07, 6.45) is 3.68. The molecule has 1 N–H and O–H groups in total. The van der Waals surface area contributed by atoms with Crippen molar-refractivity contribution < 1.29 is 4.79 Å². The van der Waals surface area contributed by atoms with Crippen LogP contribution in [-0.4, -0.2) is 39.8 Å². The van der Waals surface area contributed by atoms with Crippen molar-refractivity contribution in [1.29, 1.82) is 0 Å². The average Bonchev–Trinajstić information content (AvgIpc) is 2.94. The molecule has 0 aliphatic carbocycles. The average molecular weight is 299 g/mol. The molecule has 1 aliphatic rings. The molecule has 0 radical (unpaired) electrons. The van der Waals surface area contributed by atoms with Crippen molar-refractivity contribution in [2.45, 2.75) is 25.8 Å². The maximum absolute atomic E-state index is 12.3. The number of aromatic nitrogens is 3. The number of aryl methyl sites for hydroxylation is 2. The van der Waals surface area contributed by atoms with Gasteiger partial charge < -0.3 is 10.2 Å². The van der Waals surface area contributed by atoms with E-state index in [9.17, 15) is 4.79 Å². The SMILES string of the molecule is Cc1cccc(N2CCC[C@H](NC(=O)c3ccnn3C)C2)n1. The maximum Gasteiger partial charge on any atom is 0.269 e. The first-order valence-corrected chi connectivity index (χ1v) is 7.61. The third-order valence-corrected chi connectivity index (χ3v) is 4.01. The molecule has 2 aromatic rings. The maximum atomic E-state index is 12.3. The molecule has 0 spiro atoms. The number of nitrogens with one attached hydrogen (secondary N) is 1. The van der Waals surface area contributed by atoms with E-state index in [4.69, 9.17) is 0 Å². The summed E-state index contributed by atoms with van der Waals surface area (Å²) in [6.45, 7) is 3.77. The Labute approximate surface area is 130 Å². The molecule has 0 bridgehead atoms. The molecular weight excluding hydrogens is 278 g/mol. The van der Waals surface area contributed by atoms with Gasteiger partial charge in [0.1, 0.15) is 11.5 Å². The van der Waals surface area contributed by atoms with Crippen molar-refractivity contribution >= 4 is 11.7 Å². The van der Waals surface area contributed by atoms with Crippen LogP contribution in [0.3, 0.4) is 0 Å². The lowest BCUT2D eigenvalue weighted by atomic mass is 10.1. The van der Waals surface area contributed by atoms with E-state index in [1.807, 2.05) is 25.1 Å². The summed E-state index contributed by atoms with van der Waals surface area (Å²) in [5, 5.41) is 7.15. The lowest BCUT2D eigenvalue weighted by Gasteiger charge is -2.34. The normalized spacial score (nSPS) is 18.3. The van der Waals surface area contributed by atoms with Crippen LogP contribution in [0, 0.1) is 6.92 Å². The summed E-state index contributed by atoms with van der Waals surface area (Å²) in [6, 6.07) is 7.92. The molecule has 1 saturated heterocycles. The summed E-state index contributed by atoms with van der Waals surface area (Å²) in [7, 11) is 1.78. The van der Waals surface area contributed by atoms with Gasteiger partial charge in [0.25, 0.3) is 5.91 Å². The number of carbonyl (C=O) groups is 1. The van der Waals surface area contributed by atoms with Crippen LogP contribution < -0.4 is 10.2 Å². The molecule has 1 aliphatic heterocycles. The van der Waals surface area contributed by atoms with Gasteiger partial charge >= 0.3 is 0 Å². The first-order chi connectivity index (χ1) is 10.6. The number of amides is 1. The van der Waals surface area contributed by atoms with Gasteiger partial charge in [0.15, 0.2) is 0 Å². The highest BCUT2D eigenvalue weighted by Crippen LogP contribution is 2.18.